The largest absolute Gasteiger partial charge is 0.478 e. The molecule has 0 bridgehead atoms. The Hall–Kier alpha value is -2.64. The van der Waals surface area contributed by atoms with E-state index >= 15 is 0 Å². The van der Waals surface area contributed by atoms with E-state index in [1.165, 1.54) is 0 Å². The number of ether oxygens (including phenoxy) is 1. The van der Waals surface area contributed by atoms with Gasteiger partial charge in [0.25, 0.3) is 5.88 Å². The monoisotopic (exact) mass is 331 g/mol. The van der Waals surface area contributed by atoms with Crippen molar-refractivity contribution in [1.29, 1.82) is 0 Å². The molecule has 1 aliphatic rings. The molecule has 0 aliphatic carbocycles. The maximum atomic E-state index is 12.5. The van der Waals surface area contributed by atoms with Crippen LogP contribution in [0.1, 0.15) is 17.9 Å². The van der Waals surface area contributed by atoms with Gasteiger partial charge in [-0.05, 0) is 13.3 Å². The maximum Gasteiger partial charge on any atom is 0.257 e. The molecule has 0 saturated carbocycles. The van der Waals surface area contributed by atoms with E-state index in [2.05, 4.69) is 20.0 Å². The summed E-state index contributed by atoms with van der Waals surface area (Å²) in [4.78, 5) is 25.0. The molecule has 3 rings (SSSR count). The van der Waals surface area contributed by atoms with Gasteiger partial charge >= 0.3 is 0 Å². The molecule has 1 fully saturated rings. The minimum Gasteiger partial charge on any atom is -0.478 e. The van der Waals surface area contributed by atoms with Crippen LogP contribution in [0.15, 0.2) is 23.0 Å². The van der Waals surface area contributed by atoms with E-state index in [1.54, 1.807) is 25.6 Å². The summed E-state index contributed by atoms with van der Waals surface area (Å²) in [5.41, 5.74) is 0.787. The topological polar surface area (TPSA) is 84.6 Å². The molecule has 2 aromatic rings. The molecule has 2 aromatic heterocycles. The van der Waals surface area contributed by atoms with Crippen molar-refractivity contribution in [3.05, 3.63) is 29.9 Å². The highest BCUT2D eigenvalue weighted by Crippen LogP contribution is 2.23. The van der Waals surface area contributed by atoms with Crippen molar-refractivity contribution in [3.63, 3.8) is 0 Å². The van der Waals surface area contributed by atoms with Crippen molar-refractivity contribution in [2.75, 3.05) is 38.2 Å². The van der Waals surface area contributed by atoms with Crippen LogP contribution in [-0.4, -0.2) is 59.2 Å². The van der Waals surface area contributed by atoms with Crippen LogP contribution < -0.4 is 9.64 Å². The predicted octanol–water partition coefficient (Wildman–Crippen LogP) is 1.06. The average molecular weight is 331 g/mol. The number of hydrogen-bond acceptors (Lipinski definition) is 7. The Balaban J connectivity index is 1.63. The van der Waals surface area contributed by atoms with Crippen molar-refractivity contribution in [1.82, 2.24) is 20.0 Å². The molecule has 0 aromatic carbocycles. The second-order valence-electron chi connectivity index (χ2n) is 5.72. The maximum absolute atomic E-state index is 12.5. The van der Waals surface area contributed by atoms with Crippen LogP contribution >= 0.6 is 0 Å². The number of anilines is 1. The third-order valence-electron chi connectivity index (χ3n) is 3.99. The fourth-order valence-electron chi connectivity index (χ4n) is 2.82. The Morgan fingerprint density at radius 1 is 1.25 bits per heavy atom. The summed E-state index contributed by atoms with van der Waals surface area (Å²) < 4.78 is 10.4. The fourth-order valence-corrected chi connectivity index (χ4v) is 2.82. The lowest BCUT2D eigenvalue weighted by Gasteiger charge is -2.23. The van der Waals surface area contributed by atoms with Crippen LogP contribution in [0, 0.1) is 6.92 Å². The summed E-state index contributed by atoms with van der Waals surface area (Å²) in [6.07, 6.45) is 4.36. The van der Waals surface area contributed by atoms with Crippen molar-refractivity contribution >= 4 is 11.7 Å². The number of amides is 1. The Morgan fingerprint density at radius 3 is 2.83 bits per heavy atom. The van der Waals surface area contributed by atoms with Gasteiger partial charge in [-0.15, -0.1) is 0 Å². The van der Waals surface area contributed by atoms with Gasteiger partial charge in [-0.2, -0.15) is 0 Å². The zero-order valence-corrected chi connectivity index (χ0v) is 13.9. The number of aromatic nitrogens is 3. The van der Waals surface area contributed by atoms with Crippen LogP contribution in [0.25, 0.3) is 0 Å². The van der Waals surface area contributed by atoms with Gasteiger partial charge in [0, 0.05) is 44.6 Å². The van der Waals surface area contributed by atoms with E-state index in [9.17, 15) is 4.79 Å². The number of carbonyl (C=O) groups is 1. The standard InChI is InChI=1S/C16H21N5O3/c1-12-10-13(24-19-12)11-14(22)20-6-3-7-21(9-8-20)15-16(23-2)18-5-4-17-15/h4-5,10H,3,6-9,11H2,1-2H3. The van der Waals surface area contributed by atoms with Crippen molar-refractivity contribution < 1.29 is 14.1 Å². The van der Waals surface area contributed by atoms with Crippen LogP contribution in [0.5, 0.6) is 5.88 Å². The van der Waals surface area contributed by atoms with E-state index < -0.39 is 0 Å². The lowest BCUT2D eigenvalue weighted by molar-refractivity contribution is -0.130. The Bertz CT molecular complexity index is 703. The Morgan fingerprint density at radius 2 is 2.08 bits per heavy atom. The molecule has 0 spiro atoms. The van der Waals surface area contributed by atoms with Crippen LogP contribution in [-0.2, 0) is 11.2 Å². The number of nitrogens with zero attached hydrogens (tertiary/aromatic N) is 5. The predicted molar refractivity (Wildman–Crippen MR) is 86.9 cm³/mol. The zero-order chi connectivity index (χ0) is 16.9. The lowest BCUT2D eigenvalue weighted by atomic mass is 10.2. The molecule has 0 unspecified atom stereocenters. The van der Waals surface area contributed by atoms with Gasteiger partial charge in [0.05, 0.1) is 19.2 Å². The molecule has 1 amide bonds. The van der Waals surface area contributed by atoms with Gasteiger partial charge in [-0.3, -0.25) is 4.79 Å². The first kappa shape index (κ1) is 16.2. The number of hydrogen-bond donors (Lipinski definition) is 0. The van der Waals surface area contributed by atoms with Crippen molar-refractivity contribution in [3.8, 4) is 5.88 Å². The highest BCUT2D eigenvalue weighted by molar-refractivity contribution is 5.78. The third kappa shape index (κ3) is 3.64. The normalized spacial score (nSPS) is 15.2. The molecular weight excluding hydrogens is 310 g/mol. The van der Waals surface area contributed by atoms with Gasteiger partial charge in [0.1, 0.15) is 5.76 Å². The van der Waals surface area contributed by atoms with E-state index in [0.717, 1.165) is 24.5 Å². The molecular formula is C16H21N5O3. The number of aryl methyl sites for hydroxylation is 1. The summed E-state index contributed by atoms with van der Waals surface area (Å²) >= 11 is 0. The Kier molecular flexibility index (Phi) is 4.93. The molecule has 0 N–H and O–H groups in total. The molecule has 24 heavy (non-hydrogen) atoms. The summed E-state index contributed by atoms with van der Waals surface area (Å²) in [5, 5.41) is 3.82. The summed E-state index contributed by atoms with van der Waals surface area (Å²) in [7, 11) is 1.58. The molecule has 1 aliphatic heterocycles. The molecule has 0 atom stereocenters. The van der Waals surface area contributed by atoms with Gasteiger partial charge < -0.3 is 19.1 Å². The van der Waals surface area contributed by atoms with Gasteiger partial charge in [0.2, 0.25) is 5.91 Å². The summed E-state index contributed by atoms with van der Waals surface area (Å²) in [6.45, 7) is 4.68. The lowest BCUT2D eigenvalue weighted by Crippen LogP contribution is -2.36. The van der Waals surface area contributed by atoms with E-state index in [4.69, 9.17) is 9.26 Å². The van der Waals surface area contributed by atoms with Gasteiger partial charge in [-0.25, -0.2) is 9.97 Å². The SMILES string of the molecule is COc1nccnc1N1CCCN(C(=O)Cc2cc(C)no2)CC1. The van der Waals surface area contributed by atoms with E-state index in [1.807, 2.05) is 11.8 Å². The highest BCUT2D eigenvalue weighted by Gasteiger charge is 2.23. The first-order chi connectivity index (χ1) is 11.7. The Labute approximate surface area is 140 Å². The molecule has 0 radical (unpaired) electrons. The molecule has 128 valence electrons. The smallest absolute Gasteiger partial charge is 0.257 e. The molecule has 3 heterocycles. The van der Waals surface area contributed by atoms with Crippen LogP contribution in [0.3, 0.4) is 0 Å². The molecule has 8 nitrogen and oxygen atoms in total. The second-order valence-corrected chi connectivity index (χ2v) is 5.72. The minimum absolute atomic E-state index is 0.0547. The average Bonchev–Trinajstić information content (AvgIpc) is 2.86. The first-order valence-electron chi connectivity index (χ1n) is 7.97. The van der Waals surface area contributed by atoms with Crippen molar-refractivity contribution in [2.45, 2.75) is 19.8 Å². The number of methoxy groups -OCH3 is 1. The number of carbonyl (C=O) groups excluding carboxylic acids is 1. The summed E-state index contributed by atoms with van der Waals surface area (Å²) in [5.74, 6) is 1.89. The van der Waals surface area contributed by atoms with Crippen molar-refractivity contribution in [2.24, 2.45) is 0 Å². The first-order valence-corrected chi connectivity index (χ1v) is 7.97. The highest BCUT2D eigenvalue weighted by atomic mass is 16.5. The van der Waals surface area contributed by atoms with E-state index in [-0.39, 0.29) is 12.3 Å². The second kappa shape index (κ2) is 7.29. The van der Waals surface area contributed by atoms with Gasteiger partial charge in [-0.1, -0.05) is 5.16 Å². The zero-order valence-electron chi connectivity index (χ0n) is 13.9. The summed E-state index contributed by atoms with van der Waals surface area (Å²) in [6, 6.07) is 1.80. The fraction of sp³-hybridized carbons (Fsp3) is 0.500. The quantitative estimate of drug-likeness (QED) is 0.828. The molecule has 1 saturated heterocycles. The van der Waals surface area contributed by atoms with Crippen LogP contribution in [0.2, 0.25) is 0 Å². The van der Waals surface area contributed by atoms with E-state index in [0.29, 0.717) is 31.3 Å². The molecule has 8 heteroatoms. The van der Waals surface area contributed by atoms with Gasteiger partial charge in [0.15, 0.2) is 5.82 Å². The number of rotatable bonds is 4. The third-order valence-corrected chi connectivity index (χ3v) is 3.99. The minimum atomic E-state index is 0.0547. The van der Waals surface area contributed by atoms with Crippen LogP contribution in [0.4, 0.5) is 5.82 Å².